The Morgan fingerprint density at radius 3 is 2.77 bits per heavy atom. The van der Waals surface area contributed by atoms with Crippen LogP contribution in [-0.4, -0.2) is 33.0 Å². The zero-order chi connectivity index (χ0) is 21.1. The second kappa shape index (κ2) is 8.42. The van der Waals surface area contributed by atoms with E-state index in [1.807, 2.05) is 36.6 Å². The predicted molar refractivity (Wildman–Crippen MR) is 113 cm³/mol. The van der Waals surface area contributed by atoms with Crippen LogP contribution in [0.5, 0.6) is 0 Å². The van der Waals surface area contributed by atoms with E-state index in [0.717, 1.165) is 27.8 Å². The van der Waals surface area contributed by atoms with Gasteiger partial charge in [0, 0.05) is 29.6 Å². The summed E-state index contributed by atoms with van der Waals surface area (Å²) >= 11 is 1.47. The van der Waals surface area contributed by atoms with Crippen LogP contribution < -0.4 is 10.6 Å². The topological polar surface area (TPSA) is 88.4 Å². The van der Waals surface area contributed by atoms with Crippen LogP contribution >= 0.6 is 11.3 Å². The number of nitrogens with zero attached hydrogens (tertiary/aromatic N) is 3. The molecule has 2 N–H and O–H groups in total. The van der Waals surface area contributed by atoms with Crippen molar-refractivity contribution >= 4 is 33.8 Å². The van der Waals surface area contributed by atoms with Crippen molar-refractivity contribution in [3.63, 3.8) is 0 Å². The van der Waals surface area contributed by atoms with E-state index in [1.165, 1.54) is 29.5 Å². The van der Waals surface area contributed by atoms with Crippen LogP contribution in [0.15, 0.2) is 53.9 Å². The minimum Gasteiger partial charge on any atom is -0.347 e. The summed E-state index contributed by atoms with van der Waals surface area (Å²) in [5.41, 5.74) is 3.17. The van der Waals surface area contributed by atoms with E-state index in [0.29, 0.717) is 12.2 Å². The number of anilines is 1. The molecule has 4 aromatic rings. The Hall–Kier alpha value is -3.59. The van der Waals surface area contributed by atoms with Crippen LogP contribution in [0, 0.1) is 12.7 Å². The number of carbonyl (C=O) groups is 2. The van der Waals surface area contributed by atoms with E-state index in [4.69, 9.17) is 0 Å². The molecule has 0 atom stereocenters. The molecule has 2 heterocycles. The molecule has 0 unspecified atom stereocenters. The first-order chi connectivity index (χ1) is 14.5. The van der Waals surface area contributed by atoms with Gasteiger partial charge in [0.1, 0.15) is 5.82 Å². The third-order valence-corrected chi connectivity index (χ3v) is 5.36. The summed E-state index contributed by atoms with van der Waals surface area (Å²) in [7, 11) is 0. The molecule has 0 saturated carbocycles. The lowest BCUT2D eigenvalue weighted by atomic mass is 10.1. The molecule has 2 amide bonds. The van der Waals surface area contributed by atoms with Crippen molar-refractivity contribution in [2.24, 2.45) is 0 Å². The molecular formula is C21H18FN5O2S. The van der Waals surface area contributed by atoms with Crippen molar-refractivity contribution in [1.82, 2.24) is 19.9 Å². The van der Waals surface area contributed by atoms with Gasteiger partial charge < -0.3 is 10.6 Å². The Kier molecular flexibility index (Phi) is 5.53. The van der Waals surface area contributed by atoms with E-state index < -0.39 is 17.6 Å². The Morgan fingerprint density at radius 1 is 1.13 bits per heavy atom. The van der Waals surface area contributed by atoms with Crippen LogP contribution in [0.3, 0.4) is 0 Å². The smallest absolute Gasteiger partial charge is 0.313 e. The molecule has 7 nitrogen and oxygen atoms in total. The Bertz CT molecular complexity index is 1230. The standard InChI is InChI=1S/C21H18FN5O2S/c1-13-5-2-3-8-17(13)18-25-21-27(26-18)16(12-30-21)9-10-23-19(28)20(29)24-15-7-4-6-14(22)11-15/h2-8,11-12H,9-10H2,1H3,(H,23,28)(H,24,29). The number of nitrogens with one attached hydrogen (secondary N) is 2. The van der Waals surface area contributed by atoms with Gasteiger partial charge in [-0.2, -0.15) is 4.98 Å². The van der Waals surface area contributed by atoms with Gasteiger partial charge in [-0.05, 0) is 30.7 Å². The third-order valence-electron chi connectivity index (χ3n) is 4.49. The second-order valence-electron chi connectivity index (χ2n) is 6.64. The largest absolute Gasteiger partial charge is 0.347 e. The van der Waals surface area contributed by atoms with E-state index >= 15 is 0 Å². The minimum absolute atomic E-state index is 0.223. The maximum absolute atomic E-state index is 13.2. The fraction of sp³-hybridized carbons (Fsp3) is 0.143. The van der Waals surface area contributed by atoms with Crippen LogP contribution in [0.4, 0.5) is 10.1 Å². The monoisotopic (exact) mass is 423 g/mol. The second-order valence-corrected chi connectivity index (χ2v) is 7.48. The summed E-state index contributed by atoms with van der Waals surface area (Å²) < 4.78 is 14.9. The maximum atomic E-state index is 13.2. The highest BCUT2D eigenvalue weighted by molar-refractivity contribution is 7.15. The Labute approximate surface area is 175 Å². The minimum atomic E-state index is -0.848. The van der Waals surface area contributed by atoms with E-state index in [1.54, 1.807) is 4.52 Å². The van der Waals surface area contributed by atoms with Gasteiger partial charge in [0.25, 0.3) is 0 Å². The van der Waals surface area contributed by atoms with Crippen molar-refractivity contribution < 1.29 is 14.0 Å². The molecule has 0 aliphatic heterocycles. The lowest BCUT2D eigenvalue weighted by molar-refractivity contribution is -0.136. The summed E-state index contributed by atoms with van der Waals surface area (Å²) in [4.78, 5) is 29.3. The summed E-state index contributed by atoms with van der Waals surface area (Å²) in [5.74, 6) is -1.48. The maximum Gasteiger partial charge on any atom is 0.313 e. The lowest BCUT2D eigenvalue weighted by Gasteiger charge is -2.06. The van der Waals surface area contributed by atoms with Gasteiger partial charge in [0.05, 0.1) is 5.69 Å². The number of halogens is 1. The van der Waals surface area contributed by atoms with Crippen molar-refractivity contribution in [2.45, 2.75) is 13.3 Å². The number of thiazole rings is 1. The average molecular weight is 423 g/mol. The van der Waals surface area contributed by atoms with Crippen LogP contribution in [0.2, 0.25) is 0 Å². The molecule has 0 aliphatic rings. The molecule has 0 radical (unpaired) electrons. The fourth-order valence-corrected chi connectivity index (χ4v) is 3.83. The van der Waals surface area contributed by atoms with Crippen LogP contribution in [-0.2, 0) is 16.0 Å². The number of aryl methyl sites for hydroxylation is 1. The number of amides is 2. The molecule has 30 heavy (non-hydrogen) atoms. The van der Waals surface area contributed by atoms with Crippen molar-refractivity contribution in [3.8, 4) is 11.4 Å². The van der Waals surface area contributed by atoms with Crippen molar-refractivity contribution in [2.75, 3.05) is 11.9 Å². The van der Waals surface area contributed by atoms with E-state index in [-0.39, 0.29) is 12.2 Å². The quantitative estimate of drug-likeness (QED) is 0.483. The number of hydrogen-bond donors (Lipinski definition) is 2. The number of rotatable bonds is 5. The van der Waals surface area contributed by atoms with Gasteiger partial charge in [-0.3, -0.25) is 9.59 Å². The highest BCUT2D eigenvalue weighted by Crippen LogP contribution is 2.23. The molecule has 0 bridgehead atoms. The molecule has 0 fully saturated rings. The van der Waals surface area contributed by atoms with Crippen LogP contribution in [0.1, 0.15) is 11.3 Å². The van der Waals surface area contributed by atoms with Gasteiger partial charge in [-0.25, -0.2) is 8.91 Å². The van der Waals surface area contributed by atoms with Crippen LogP contribution in [0.25, 0.3) is 16.3 Å². The van der Waals surface area contributed by atoms with E-state index in [9.17, 15) is 14.0 Å². The zero-order valence-corrected chi connectivity index (χ0v) is 16.9. The predicted octanol–water partition coefficient (Wildman–Crippen LogP) is 3.20. The molecule has 0 spiro atoms. The summed E-state index contributed by atoms with van der Waals surface area (Å²) in [6.45, 7) is 2.26. The number of carbonyl (C=O) groups excluding carboxylic acids is 2. The van der Waals surface area contributed by atoms with Gasteiger partial charge in [0.15, 0.2) is 5.82 Å². The molecule has 152 valence electrons. The highest BCUT2D eigenvalue weighted by atomic mass is 32.1. The zero-order valence-electron chi connectivity index (χ0n) is 16.1. The highest BCUT2D eigenvalue weighted by Gasteiger charge is 2.15. The van der Waals surface area contributed by atoms with Gasteiger partial charge in [-0.15, -0.1) is 16.4 Å². The first-order valence-corrected chi connectivity index (χ1v) is 10.1. The van der Waals surface area contributed by atoms with Gasteiger partial charge in [-0.1, -0.05) is 30.3 Å². The third kappa shape index (κ3) is 4.20. The molecule has 0 aliphatic carbocycles. The van der Waals surface area contributed by atoms with Crippen molar-refractivity contribution in [1.29, 1.82) is 0 Å². The number of fused-ring (bicyclic) bond motifs is 1. The lowest BCUT2D eigenvalue weighted by Crippen LogP contribution is -2.36. The SMILES string of the molecule is Cc1ccccc1-c1nc2scc(CCNC(=O)C(=O)Nc3cccc(F)c3)n2n1. The summed E-state index contributed by atoms with van der Waals surface area (Å²) in [6, 6.07) is 13.3. The number of aromatic nitrogens is 3. The molecule has 2 aromatic heterocycles. The Morgan fingerprint density at radius 2 is 1.97 bits per heavy atom. The summed E-state index contributed by atoms with van der Waals surface area (Å²) in [5, 5.41) is 11.4. The van der Waals surface area contributed by atoms with Gasteiger partial charge in [0.2, 0.25) is 4.96 Å². The molecule has 9 heteroatoms. The first-order valence-electron chi connectivity index (χ1n) is 9.25. The first kappa shape index (κ1) is 19.7. The number of hydrogen-bond acceptors (Lipinski definition) is 5. The molecule has 4 rings (SSSR count). The molecule has 2 aromatic carbocycles. The molecular weight excluding hydrogens is 405 g/mol. The number of benzene rings is 2. The fourth-order valence-electron chi connectivity index (χ4n) is 2.97. The van der Waals surface area contributed by atoms with Gasteiger partial charge >= 0.3 is 11.8 Å². The Balaban J connectivity index is 1.37. The molecule has 0 saturated heterocycles. The average Bonchev–Trinajstić information content (AvgIpc) is 3.30. The normalized spacial score (nSPS) is 10.9. The van der Waals surface area contributed by atoms with E-state index in [2.05, 4.69) is 20.7 Å². The summed E-state index contributed by atoms with van der Waals surface area (Å²) in [6.07, 6.45) is 0.482. The van der Waals surface area contributed by atoms with Crippen molar-refractivity contribution in [3.05, 3.63) is 71.0 Å².